The summed E-state index contributed by atoms with van der Waals surface area (Å²) in [6, 6.07) is 12.7. The number of fused-ring (bicyclic) bond motifs is 1. The van der Waals surface area contributed by atoms with Crippen molar-refractivity contribution in [2.75, 3.05) is 10.6 Å². The molecule has 0 radical (unpaired) electrons. The SMILES string of the molecule is O=C1Nc2ccccc2CCC1Nc1ccc(Cl)cc1Cl. The second-order valence-electron chi connectivity index (χ2n) is 5.01. The van der Waals surface area contributed by atoms with Gasteiger partial charge in [0.15, 0.2) is 0 Å². The number of hydrogen-bond acceptors (Lipinski definition) is 2. The molecule has 5 heteroatoms. The average molecular weight is 321 g/mol. The van der Waals surface area contributed by atoms with Crippen molar-refractivity contribution >= 4 is 40.5 Å². The molecule has 1 aliphatic rings. The number of amides is 1. The van der Waals surface area contributed by atoms with Gasteiger partial charge in [0.05, 0.1) is 10.7 Å². The average Bonchev–Trinajstić information content (AvgIpc) is 2.61. The van der Waals surface area contributed by atoms with Gasteiger partial charge < -0.3 is 10.6 Å². The van der Waals surface area contributed by atoms with Gasteiger partial charge in [-0.2, -0.15) is 0 Å². The van der Waals surface area contributed by atoms with Crippen molar-refractivity contribution in [3.05, 3.63) is 58.1 Å². The zero-order valence-electron chi connectivity index (χ0n) is 11.2. The summed E-state index contributed by atoms with van der Waals surface area (Å²) in [6.45, 7) is 0. The number of nitrogens with one attached hydrogen (secondary N) is 2. The summed E-state index contributed by atoms with van der Waals surface area (Å²) < 4.78 is 0. The molecule has 1 aliphatic heterocycles. The van der Waals surface area contributed by atoms with Gasteiger partial charge in [0.1, 0.15) is 6.04 Å². The number of halogens is 2. The molecule has 0 saturated carbocycles. The van der Waals surface area contributed by atoms with Crippen molar-refractivity contribution in [1.82, 2.24) is 0 Å². The topological polar surface area (TPSA) is 41.1 Å². The first-order valence-corrected chi connectivity index (χ1v) is 7.49. The molecule has 0 aliphatic carbocycles. The van der Waals surface area contributed by atoms with E-state index < -0.39 is 0 Å². The molecular weight excluding hydrogens is 307 g/mol. The minimum Gasteiger partial charge on any atom is -0.372 e. The van der Waals surface area contributed by atoms with Crippen molar-refractivity contribution in [2.45, 2.75) is 18.9 Å². The molecule has 0 fully saturated rings. The highest BCUT2D eigenvalue weighted by atomic mass is 35.5. The van der Waals surface area contributed by atoms with Gasteiger partial charge in [-0.15, -0.1) is 0 Å². The van der Waals surface area contributed by atoms with E-state index in [0.29, 0.717) is 22.2 Å². The van der Waals surface area contributed by atoms with E-state index in [1.807, 2.05) is 24.3 Å². The highest BCUT2D eigenvalue weighted by Gasteiger charge is 2.23. The van der Waals surface area contributed by atoms with E-state index in [2.05, 4.69) is 10.6 Å². The van der Waals surface area contributed by atoms with Crippen LogP contribution in [-0.2, 0) is 11.2 Å². The molecule has 3 rings (SSSR count). The number of aryl methyl sites for hydroxylation is 1. The van der Waals surface area contributed by atoms with Gasteiger partial charge in [-0.05, 0) is 42.7 Å². The van der Waals surface area contributed by atoms with Gasteiger partial charge >= 0.3 is 0 Å². The van der Waals surface area contributed by atoms with Gasteiger partial charge in [-0.1, -0.05) is 41.4 Å². The summed E-state index contributed by atoms with van der Waals surface area (Å²) in [4.78, 5) is 12.3. The molecule has 0 saturated heterocycles. The van der Waals surface area contributed by atoms with Crippen LogP contribution in [0.4, 0.5) is 11.4 Å². The number of para-hydroxylation sites is 1. The van der Waals surface area contributed by atoms with E-state index >= 15 is 0 Å². The monoisotopic (exact) mass is 320 g/mol. The number of anilines is 2. The Hall–Kier alpha value is -1.71. The van der Waals surface area contributed by atoms with Crippen LogP contribution in [0.25, 0.3) is 0 Å². The minimum atomic E-state index is -0.323. The number of rotatable bonds is 2. The molecule has 2 aromatic rings. The van der Waals surface area contributed by atoms with Crippen molar-refractivity contribution in [2.24, 2.45) is 0 Å². The van der Waals surface area contributed by atoms with Crippen LogP contribution in [0.2, 0.25) is 10.0 Å². The summed E-state index contributed by atoms with van der Waals surface area (Å²) in [5.41, 5.74) is 2.75. The Balaban J connectivity index is 1.80. The molecule has 21 heavy (non-hydrogen) atoms. The second-order valence-corrected chi connectivity index (χ2v) is 5.85. The molecule has 0 aromatic heterocycles. The van der Waals surface area contributed by atoms with E-state index in [1.165, 1.54) is 0 Å². The maximum Gasteiger partial charge on any atom is 0.246 e. The molecule has 0 spiro atoms. The maximum absolute atomic E-state index is 12.3. The molecule has 1 unspecified atom stereocenters. The van der Waals surface area contributed by atoms with Crippen LogP contribution in [0.5, 0.6) is 0 Å². The molecule has 3 nitrogen and oxygen atoms in total. The van der Waals surface area contributed by atoms with Crippen LogP contribution >= 0.6 is 23.2 Å². The van der Waals surface area contributed by atoms with Gasteiger partial charge in [-0.25, -0.2) is 0 Å². The molecule has 2 N–H and O–H groups in total. The fourth-order valence-corrected chi connectivity index (χ4v) is 2.91. The Morgan fingerprint density at radius 3 is 2.76 bits per heavy atom. The van der Waals surface area contributed by atoms with Crippen LogP contribution in [0, 0.1) is 0 Å². The number of carbonyl (C=O) groups excluding carboxylic acids is 1. The van der Waals surface area contributed by atoms with Gasteiger partial charge in [0.2, 0.25) is 5.91 Å². The summed E-state index contributed by atoms with van der Waals surface area (Å²) in [5.74, 6) is -0.0500. The van der Waals surface area contributed by atoms with Crippen molar-refractivity contribution in [3.63, 3.8) is 0 Å². The first-order chi connectivity index (χ1) is 10.1. The lowest BCUT2D eigenvalue weighted by atomic mass is 10.1. The van der Waals surface area contributed by atoms with Gasteiger partial charge in [-0.3, -0.25) is 4.79 Å². The fourth-order valence-electron chi connectivity index (χ4n) is 2.44. The quantitative estimate of drug-likeness (QED) is 0.863. The zero-order valence-corrected chi connectivity index (χ0v) is 12.7. The van der Waals surface area contributed by atoms with Crippen LogP contribution in [0.1, 0.15) is 12.0 Å². The van der Waals surface area contributed by atoms with Crippen molar-refractivity contribution in [3.8, 4) is 0 Å². The molecule has 1 amide bonds. The van der Waals surface area contributed by atoms with E-state index in [-0.39, 0.29) is 11.9 Å². The third kappa shape index (κ3) is 3.14. The van der Waals surface area contributed by atoms with Crippen molar-refractivity contribution < 1.29 is 4.79 Å². The van der Waals surface area contributed by atoms with Gasteiger partial charge in [0, 0.05) is 10.7 Å². The Bertz CT molecular complexity index is 688. The highest BCUT2D eigenvalue weighted by Crippen LogP contribution is 2.28. The number of benzene rings is 2. The van der Waals surface area contributed by atoms with Gasteiger partial charge in [0.25, 0.3) is 0 Å². The summed E-state index contributed by atoms with van der Waals surface area (Å²) in [6.07, 6.45) is 1.54. The first-order valence-electron chi connectivity index (χ1n) is 6.74. The van der Waals surface area contributed by atoms with Crippen molar-refractivity contribution in [1.29, 1.82) is 0 Å². The van der Waals surface area contributed by atoms with E-state index in [1.54, 1.807) is 18.2 Å². The normalized spacial score (nSPS) is 17.6. The third-order valence-electron chi connectivity index (χ3n) is 3.55. The Morgan fingerprint density at radius 1 is 1.14 bits per heavy atom. The molecular formula is C16H14Cl2N2O. The predicted molar refractivity (Wildman–Crippen MR) is 87.3 cm³/mol. The minimum absolute atomic E-state index is 0.0500. The molecule has 1 heterocycles. The Labute approximate surface area is 133 Å². The molecule has 2 aromatic carbocycles. The number of carbonyl (C=O) groups is 1. The van der Waals surface area contributed by atoms with E-state index in [0.717, 1.165) is 17.7 Å². The lowest BCUT2D eigenvalue weighted by molar-refractivity contribution is -0.116. The highest BCUT2D eigenvalue weighted by molar-refractivity contribution is 6.36. The van der Waals surface area contributed by atoms with Crippen LogP contribution in [-0.4, -0.2) is 11.9 Å². The summed E-state index contributed by atoms with van der Waals surface area (Å²) >= 11 is 12.0. The Kier molecular flexibility index (Phi) is 4.04. The smallest absolute Gasteiger partial charge is 0.246 e. The third-order valence-corrected chi connectivity index (χ3v) is 4.10. The molecule has 1 atom stereocenters. The van der Waals surface area contributed by atoms with Crippen LogP contribution < -0.4 is 10.6 Å². The molecule has 108 valence electrons. The van der Waals surface area contributed by atoms with Crippen LogP contribution in [0.3, 0.4) is 0 Å². The Morgan fingerprint density at radius 2 is 1.95 bits per heavy atom. The second kappa shape index (κ2) is 5.96. The maximum atomic E-state index is 12.3. The predicted octanol–water partition coefficient (Wildman–Crippen LogP) is 4.36. The fraction of sp³-hybridized carbons (Fsp3) is 0.188. The summed E-state index contributed by atoms with van der Waals surface area (Å²) in [7, 11) is 0. The molecule has 0 bridgehead atoms. The standard InChI is InChI=1S/C16H14Cl2N2O/c17-11-6-8-14(12(18)9-11)19-15-7-5-10-3-1-2-4-13(10)20-16(15)21/h1-4,6,8-9,15,19H,5,7H2,(H,20,21). The largest absolute Gasteiger partial charge is 0.372 e. The number of hydrogen-bond donors (Lipinski definition) is 2. The lowest BCUT2D eigenvalue weighted by Crippen LogP contribution is -2.33. The van der Waals surface area contributed by atoms with E-state index in [9.17, 15) is 4.79 Å². The van der Waals surface area contributed by atoms with E-state index in [4.69, 9.17) is 23.2 Å². The van der Waals surface area contributed by atoms with Crippen LogP contribution in [0.15, 0.2) is 42.5 Å². The zero-order chi connectivity index (χ0) is 14.8. The lowest BCUT2D eigenvalue weighted by Gasteiger charge is -2.17. The summed E-state index contributed by atoms with van der Waals surface area (Å²) in [5, 5.41) is 7.23. The first kappa shape index (κ1) is 14.2.